The molecule has 0 saturated carbocycles. The van der Waals surface area contributed by atoms with E-state index in [2.05, 4.69) is 0 Å². The van der Waals surface area contributed by atoms with Crippen LogP contribution in [-0.4, -0.2) is 24.0 Å². The molecule has 7 heteroatoms. The number of carbonyl (C=O) groups excluding carboxylic acids is 1. The number of para-hydroxylation sites is 1. The van der Waals surface area contributed by atoms with Crippen molar-refractivity contribution in [3.8, 4) is 5.75 Å². The highest BCUT2D eigenvalue weighted by atomic mass is 16.6. The standard InChI is InChI=1S/C26H23N3O4/c27-16-17-33-22-14-10-20(11-15-22)18-28-25-7-2-1-5-23(25)24(26(28)30)6-3-4-19-8-12-21(13-9-19)29(31)32/h1-15H,16-18,27H2/b4-3+,24-6+. The molecule has 3 aromatic rings. The minimum Gasteiger partial charge on any atom is -0.492 e. The Balaban J connectivity index is 1.53. The van der Waals surface area contributed by atoms with Crippen LogP contribution in [0.4, 0.5) is 11.4 Å². The Hall–Kier alpha value is -4.23. The van der Waals surface area contributed by atoms with Crippen molar-refractivity contribution in [2.45, 2.75) is 6.54 Å². The van der Waals surface area contributed by atoms with E-state index in [-0.39, 0.29) is 11.6 Å². The van der Waals surface area contributed by atoms with E-state index < -0.39 is 4.92 Å². The SMILES string of the molecule is NCCOc1ccc(CN2C(=O)/C(=C/C=C/c3ccc([N+](=O)[O-])cc3)c3ccccc32)cc1. The van der Waals surface area contributed by atoms with Gasteiger partial charge in [-0.05, 0) is 47.5 Å². The highest BCUT2D eigenvalue weighted by molar-refractivity contribution is 6.32. The van der Waals surface area contributed by atoms with Crippen LogP contribution in [0.25, 0.3) is 11.6 Å². The van der Waals surface area contributed by atoms with E-state index in [1.165, 1.54) is 12.1 Å². The molecule has 0 unspecified atom stereocenters. The van der Waals surface area contributed by atoms with Crippen molar-refractivity contribution in [2.75, 3.05) is 18.1 Å². The van der Waals surface area contributed by atoms with Crippen LogP contribution >= 0.6 is 0 Å². The van der Waals surface area contributed by atoms with Crippen molar-refractivity contribution in [3.63, 3.8) is 0 Å². The van der Waals surface area contributed by atoms with Crippen LogP contribution in [0, 0.1) is 10.1 Å². The molecule has 0 fully saturated rings. The summed E-state index contributed by atoms with van der Waals surface area (Å²) >= 11 is 0. The summed E-state index contributed by atoms with van der Waals surface area (Å²) in [7, 11) is 0. The van der Waals surface area contributed by atoms with Crippen molar-refractivity contribution in [3.05, 3.63) is 112 Å². The molecule has 1 aliphatic heterocycles. The lowest BCUT2D eigenvalue weighted by atomic mass is 10.1. The molecule has 0 spiro atoms. The largest absolute Gasteiger partial charge is 0.492 e. The zero-order valence-corrected chi connectivity index (χ0v) is 17.9. The zero-order chi connectivity index (χ0) is 23.2. The predicted octanol–water partition coefficient (Wildman–Crippen LogP) is 4.58. The molecule has 4 rings (SSSR count). The lowest BCUT2D eigenvalue weighted by molar-refractivity contribution is -0.384. The van der Waals surface area contributed by atoms with E-state index in [1.807, 2.05) is 54.6 Å². The Kier molecular flexibility index (Phi) is 6.61. The van der Waals surface area contributed by atoms with E-state index in [0.717, 1.165) is 28.1 Å². The van der Waals surface area contributed by atoms with E-state index in [0.29, 0.717) is 25.3 Å². The number of nitrogens with two attached hydrogens (primary N) is 1. The molecule has 2 N–H and O–H groups in total. The second kappa shape index (κ2) is 9.93. The topological polar surface area (TPSA) is 98.7 Å². The molecule has 1 heterocycles. The predicted molar refractivity (Wildman–Crippen MR) is 129 cm³/mol. The van der Waals surface area contributed by atoms with Crippen LogP contribution in [0.1, 0.15) is 16.7 Å². The quantitative estimate of drug-likeness (QED) is 0.313. The molecule has 0 radical (unpaired) electrons. The average molecular weight is 441 g/mol. The van der Waals surface area contributed by atoms with Crippen LogP contribution in [0.15, 0.2) is 84.9 Å². The zero-order valence-electron chi connectivity index (χ0n) is 17.9. The summed E-state index contributed by atoms with van der Waals surface area (Å²) in [6.45, 7) is 1.35. The number of nitrogens with zero attached hydrogens (tertiary/aromatic N) is 2. The van der Waals surface area contributed by atoms with Crippen LogP contribution < -0.4 is 15.4 Å². The number of hydrogen-bond donors (Lipinski definition) is 1. The molecular formula is C26H23N3O4. The number of rotatable bonds is 8. The molecule has 1 aliphatic rings. The first-order valence-electron chi connectivity index (χ1n) is 10.5. The number of anilines is 1. The average Bonchev–Trinajstić information content (AvgIpc) is 3.10. The lowest BCUT2D eigenvalue weighted by Crippen LogP contribution is -2.25. The number of nitro groups is 1. The fraction of sp³-hybridized carbons (Fsp3) is 0.115. The molecule has 0 saturated heterocycles. The Labute approximate surface area is 191 Å². The number of amides is 1. The Bertz CT molecular complexity index is 1220. The first kappa shape index (κ1) is 22.0. The summed E-state index contributed by atoms with van der Waals surface area (Å²) in [5.41, 5.74) is 9.65. The number of ether oxygens (including phenoxy) is 1. The molecule has 0 aliphatic carbocycles. The molecule has 0 atom stereocenters. The molecule has 1 amide bonds. The van der Waals surface area contributed by atoms with Crippen LogP contribution in [-0.2, 0) is 11.3 Å². The van der Waals surface area contributed by atoms with Crippen molar-refractivity contribution in [2.24, 2.45) is 5.73 Å². The fourth-order valence-electron chi connectivity index (χ4n) is 3.64. The number of fused-ring (bicyclic) bond motifs is 1. The van der Waals surface area contributed by atoms with Gasteiger partial charge in [0, 0.05) is 29.8 Å². The van der Waals surface area contributed by atoms with E-state index in [4.69, 9.17) is 10.5 Å². The molecule has 166 valence electrons. The lowest BCUT2D eigenvalue weighted by Gasteiger charge is -2.17. The van der Waals surface area contributed by atoms with Gasteiger partial charge in [-0.15, -0.1) is 0 Å². The Morgan fingerprint density at radius 2 is 1.73 bits per heavy atom. The third-order valence-electron chi connectivity index (χ3n) is 5.27. The highest BCUT2D eigenvalue weighted by Crippen LogP contribution is 2.37. The van der Waals surface area contributed by atoms with Gasteiger partial charge in [0.1, 0.15) is 12.4 Å². The normalized spacial score (nSPS) is 14.2. The van der Waals surface area contributed by atoms with Crippen LogP contribution in [0.5, 0.6) is 5.75 Å². The number of carbonyl (C=O) groups is 1. The van der Waals surface area contributed by atoms with Gasteiger partial charge in [-0.3, -0.25) is 14.9 Å². The van der Waals surface area contributed by atoms with Crippen molar-refractivity contribution >= 4 is 28.9 Å². The van der Waals surface area contributed by atoms with E-state index in [9.17, 15) is 14.9 Å². The summed E-state index contributed by atoms with van der Waals surface area (Å²) < 4.78 is 5.52. The van der Waals surface area contributed by atoms with Crippen molar-refractivity contribution in [1.82, 2.24) is 0 Å². The number of allylic oxidation sites excluding steroid dienone is 2. The van der Waals surface area contributed by atoms with Gasteiger partial charge in [-0.1, -0.05) is 42.5 Å². The molecule has 33 heavy (non-hydrogen) atoms. The Morgan fingerprint density at radius 3 is 2.42 bits per heavy atom. The summed E-state index contributed by atoms with van der Waals surface area (Å²) in [6.07, 6.45) is 5.39. The summed E-state index contributed by atoms with van der Waals surface area (Å²) in [4.78, 5) is 25.4. The number of non-ortho nitro benzene ring substituents is 1. The third kappa shape index (κ3) is 4.99. The summed E-state index contributed by atoms with van der Waals surface area (Å²) in [5.74, 6) is 0.669. The molecule has 7 nitrogen and oxygen atoms in total. The number of nitro benzene ring substituents is 1. The molecule has 0 bridgehead atoms. The van der Waals surface area contributed by atoms with Gasteiger partial charge in [-0.2, -0.15) is 0 Å². The van der Waals surface area contributed by atoms with Gasteiger partial charge in [0.2, 0.25) is 0 Å². The summed E-state index contributed by atoms with van der Waals surface area (Å²) in [6, 6.07) is 21.6. The van der Waals surface area contributed by atoms with Crippen LogP contribution in [0.2, 0.25) is 0 Å². The van der Waals surface area contributed by atoms with Gasteiger partial charge in [0.15, 0.2) is 0 Å². The van der Waals surface area contributed by atoms with E-state index >= 15 is 0 Å². The maximum atomic E-state index is 13.2. The molecule has 0 aromatic heterocycles. The van der Waals surface area contributed by atoms with Gasteiger partial charge in [0.25, 0.3) is 11.6 Å². The minimum absolute atomic E-state index is 0.0417. The first-order valence-corrected chi connectivity index (χ1v) is 10.5. The van der Waals surface area contributed by atoms with Crippen LogP contribution in [0.3, 0.4) is 0 Å². The second-order valence-electron chi connectivity index (χ2n) is 7.48. The van der Waals surface area contributed by atoms with Crippen molar-refractivity contribution in [1.29, 1.82) is 0 Å². The second-order valence-corrected chi connectivity index (χ2v) is 7.48. The number of benzene rings is 3. The van der Waals surface area contributed by atoms with Crippen molar-refractivity contribution < 1.29 is 14.5 Å². The van der Waals surface area contributed by atoms with Gasteiger partial charge < -0.3 is 15.4 Å². The third-order valence-corrected chi connectivity index (χ3v) is 5.27. The molecular weight excluding hydrogens is 418 g/mol. The van der Waals surface area contributed by atoms with Gasteiger partial charge in [-0.25, -0.2) is 0 Å². The minimum atomic E-state index is -0.432. The van der Waals surface area contributed by atoms with Gasteiger partial charge >= 0.3 is 0 Å². The smallest absolute Gasteiger partial charge is 0.269 e. The Morgan fingerprint density at radius 1 is 1.00 bits per heavy atom. The number of hydrogen-bond acceptors (Lipinski definition) is 5. The van der Waals surface area contributed by atoms with E-state index in [1.54, 1.807) is 29.2 Å². The highest BCUT2D eigenvalue weighted by Gasteiger charge is 2.31. The maximum absolute atomic E-state index is 13.2. The molecule has 3 aromatic carbocycles. The summed E-state index contributed by atoms with van der Waals surface area (Å²) in [5, 5.41) is 10.8. The van der Waals surface area contributed by atoms with Gasteiger partial charge in [0.05, 0.1) is 17.2 Å². The fourth-order valence-corrected chi connectivity index (χ4v) is 3.64. The maximum Gasteiger partial charge on any atom is 0.269 e. The monoisotopic (exact) mass is 441 g/mol. The first-order chi connectivity index (χ1) is 16.1.